The highest BCUT2D eigenvalue weighted by Gasteiger charge is 2.31. The summed E-state index contributed by atoms with van der Waals surface area (Å²) in [7, 11) is 0. The Bertz CT molecular complexity index is 1060. The standard InChI is InChI=1S/C24H22ClF3N2O3/c1-2-3-20(15-4-6-17(7-5-15)23(31)32)22(30-21-13-10-18(25)14-29-21)16-8-11-19(12-9-16)33-24(26,27)28/h4-14,20,22H,2-3H2,1H3,(H,29,30)(H,31,32). The summed E-state index contributed by atoms with van der Waals surface area (Å²) in [6.45, 7) is 2.02. The highest BCUT2D eigenvalue weighted by atomic mass is 35.5. The van der Waals surface area contributed by atoms with Gasteiger partial charge in [0, 0.05) is 12.1 Å². The fourth-order valence-electron chi connectivity index (χ4n) is 3.62. The lowest BCUT2D eigenvalue weighted by atomic mass is 9.83. The van der Waals surface area contributed by atoms with Crippen LogP contribution in [0.25, 0.3) is 0 Å². The molecule has 0 saturated heterocycles. The van der Waals surface area contributed by atoms with Crippen molar-refractivity contribution >= 4 is 23.4 Å². The van der Waals surface area contributed by atoms with Crippen LogP contribution in [-0.2, 0) is 0 Å². The highest BCUT2D eigenvalue weighted by molar-refractivity contribution is 6.30. The fraction of sp³-hybridized carbons (Fsp3) is 0.250. The molecule has 0 aliphatic heterocycles. The zero-order chi connectivity index (χ0) is 24.0. The van der Waals surface area contributed by atoms with Crippen LogP contribution in [0.2, 0.25) is 5.02 Å². The monoisotopic (exact) mass is 478 g/mol. The Morgan fingerprint density at radius 3 is 2.21 bits per heavy atom. The molecule has 1 heterocycles. The second kappa shape index (κ2) is 10.6. The Morgan fingerprint density at radius 1 is 1.06 bits per heavy atom. The van der Waals surface area contributed by atoms with Gasteiger partial charge in [0.25, 0.3) is 0 Å². The lowest BCUT2D eigenvalue weighted by Gasteiger charge is -2.30. The summed E-state index contributed by atoms with van der Waals surface area (Å²) < 4.78 is 41.7. The summed E-state index contributed by atoms with van der Waals surface area (Å²) in [6.07, 6.45) is -1.72. The Morgan fingerprint density at radius 2 is 1.70 bits per heavy atom. The Balaban J connectivity index is 1.99. The van der Waals surface area contributed by atoms with Crippen molar-refractivity contribution in [3.05, 3.63) is 88.6 Å². The van der Waals surface area contributed by atoms with E-state index in [-0.39, 0.29) is 23.3 Å². The summed E-state index contributed by atoms with van der Waals surface area (Å²) in [6, 6.07) is 15.3. The minimum absolute atomic E-state index is 0.121. The molecule has 0 spiro atoms. The third-order valence-corrected chi connectivity index (χ3v) is 5.31. The van der Waals surface area contributed by atoms with Crippen molar-refractivity contribution in [1.82, 2.24) is 4.98 Å². The van der Waals surface area contributed by atoms with Gasteiger partial charge >= 0.3 is 12.3 Å². The number of halogens is 4. The number of anilines is 1. The fourth-order valence-corrected chi connectivity index (χ4v) is 3.74. The minimum Gasteiger partial charge on any atom is -0.478 e. The van der Waals surface area contributed by atoms with Crippen LogP contribution in [0.3, 0.4) is 0 Å². The number of aromatic carboxylic acids is 1. The summed E-state index contributed by atoms with van der Waals surface area (Å²) in [5, 5.41) is 13.0. The zero-order valence-electron chi connectivity index (χ0n) is 17.6. The summed E-state index contributed by atoms with van der Waals surface area (Å²) in [5.41, 5.74) is 1.79. The quantitative estimate of drug-likeness (QED) is 0.344. The van der Waals surface area contributed by atoms with Crippen molar-refractivity contribution in [3.8, 4) is 5.75 Å². The van der Waals surface area contributed by atoms with Crippen LogP contribution in [0, 0.1) is 0 Å². The van der Waals surface area contributed by atoms with E-state index >= 15 is 0 Å². The van der Waals surface area contributed by atoms with Crippen molar-refractivity contribution in [1.29, 1.82) is 0 Å². The number of pyridine rings is 1. The van der Waals surface area contributed by atoms with Gasteiger partial charge in [-0.1, -0.05) is 49.2 Å². The molecule has 5 nitrogen and oxygen atoms in total. The number of carbonyl (C=O) groups is 1. The lowest BCUT2D eigenvalue weighted by molar-refractivity contribution is -0.274. The molecule has 174 valence electrons. The van der Waals surface area contributed by atoms with Gasteiger partial charge in [-0.3, -0.25) is 0 Å². The first kappa shape index (κ1) is 24.4. The van der Waals surface area contributed by atoms with Crippen molar-refractivity contribution < 1.29 is 27.8 Å². The van der Waals surface area contributed by atoms with E-state index in [1.165, 1.54) is 30.5 Å². The summed E-state index contributed by atoms with van der Waals surface area (Å²) in [5.74, 6) is -0.908. The van der Waals surface area contributed by atoms with Gasteiger partial charge in [-0.15, -0.1) is 13.2 Å². The van der Waals surface area contributed by atoms with Gasteiger partial charge in [-0.05, 0) is 53.9 Å². The van der Waals surface area contributed by atoms with Crippen LogP contribution >= 0.6 is 11.6 Å². The van der Waals surface area contributed by atoms with Crippen LogP contribution in [-0.4, -0.2) is 22.4 Å². The topological polar surface area (TPSA) is 71.5 Å². The molecule has 33 heavy (non-hydrogen) atoms. The van der Waals surface area contributed by atoms with Crippen LogP contribution in [0.5, 0.6) is 5.75 Å². The number of rotatable bonds is 9. The molecule has 2 aromatic carbocycles. The predicted octanol–water partition coefficient (Wildman–Crippen LogP) is 7.07. The number of nitrogens with zero attached hydrogens (tertiary/aromatic N) is 1. The highest BCUT2D eigenvalue weighted by Crippen LogP contribution is 2.38. The molecule has 2 atom stereocenters. The van der Waals surface area contributed by atoms with E-state index in [1.54, 1.807) is 36.4 Å². The number of hydrogen-bond donors (Lipinski definition) is 2. The van der Waals surface area contributed by atoms with Crippen LogP contribution < -0.4 is 10.1 Å². The molecule has 2 unspecified atom stereocenters. The second-order valence-corrected chi connectivity index (χ2v) is 7.86. The van der Waals surface area contributed by atoms with E-state index < -0.39 is 12.3 Å². The van der Waals surface area contributed by atoms with Crippen molar-refractivity contribution in [2.24, 2.45) is 0 Å². The molecule has 0 bridgehead atoms. The van der Waals surface area contributed by atoms with Gasteiger partial charge in [-0.2, -0.15) is 0 Å². The maximum atomic E-state index is 12.6. The van der Waals surface area contributed by atoms with E-state index in [9.17, 15) is 23.1 Å². The summed E-state index contributed by atoms with van der Waals surface area (Å²) in [4.78, 5) is 15.5. The predicted molar refractivity (Wildman–Crippen MR) is 120 cm³/mol. The molecule has 0 aliphatic carbocycles. The molecule has 0 fully saturated rings. The molecular formula is C24H22ClF3N2O3. The minimum atomic E-state index is -4.77. The lowest BCUT2D eigenvalue weighted by Crippen LogP contribution is -2.21. The average Bonchev–Trinajstić information content (AvgIpc) is 2.77. The SMILES string of the molecule is CCCC(c1ccc(C(=O)O)cc1)C(Nc1ccc(Cl)cn1)c1ccc(OC(F)(F)F)cc1. The summed E-state index contributed by atoms with van der Waals surface area (Å²) >= 11 is 5.94. The largest absolute Gasteiger partial charge is 0.573 e. The number of aromatic nitrogens is 1. The molecular weight excluding hydrogens is 457 g/mol. The van der Waals surface area contributed by atoms with E-state index in [0.717, 1.165) is 24.0 Å². The van der Waals surface area contributed by atoms with Gasteiger partial charge in [-0.25, -0.2) is 9.78 Å². The van der Waals surface area contributed by atoms with Crippen LogP contribution in [0.15, 0.2) is 66.9 Å². The third-order valence-electron chi connectivity index (χ3n) is 5.09. The number of alkyl halides is 3. The first-order chi connectivity index (χ1) is 15.7. The first-order valence-corrected chi connectivity index (χ1v) is 10.6. The number of carboxylic acids is 1. The van der Waals surface area contributed by atoms with Crippen molar-refractivity contribution in [3.63, 3.8) is 0 Å². The van der Waals surface area contributed by atoms with Gasteiger partial charge in [0.1, 0.15) is 11.6 Å². The smallest absolute Gasteiger partial charge is 0.478 e. The van der Waals surface area contributed by atoms with Crippen molar-refractivity contribution in [2.75, 3.05) is 5.32 Å². The molecule has 2 N–H and O–H groups in total. The van der Waals surface area contributed by atoms with Crippen molar-refractivity contribution in [2.45, 2.75) is 38.1 Å². The third kappa shape index (κ3) is 6.86. The molecule has 1 aromatic heterocycles. The molecule has 0 aliphatic rings. The average molecular weight is 479 g/mol. The molecule has 9 heteroatoms. The Kier molecular flexibility index (Phi) is 7.81. The number of benzene rings is 2. The molecule has 0 amide bonds. The van der Waals surface area contributed by atoms with Gasteiger partial charge in [0.15, 0.2) is 0 Å². The number of ether oxygens (including phenoxy) is 1. The molecule has 3 aromatic rings. The number of carboxylic acid groups (broad SMARTS) is 1. The number of hydrogen-bond acceptors (Lipinski definition) is 4. The second-order valence-electron chi connectivity index (χ2n) is 7.42. The zero-order valence-corrected chi connectivity index (χ0v) is 18.4. The van der Waals surface area contributed by atoms with Gasteiger partial charge in [0.05, 0.1) is 16.6 Å². The Labute approximate surface area is 194 Å². The number of nitrogens with one attached hydrogen (secondary N) is 1. The van der Waals surface area contributed by atoms with Gasteiger partial charge in [0.2, 0.25) is 0 Å². The normalized spacial score (nSPS) is 13.2. The van der Waals surface area contributed by atoms with Gasteiger partial charge < -0.3 is 15.2 Å². The molecule has 3 rings (SSSR count). The van der Waals surface area contributed by atoms with Crippen LogP contribution in [0.4, 0.5) is 19.0 Å². The van der Waals surface area contributed by atoms with Crippen LogP contribution in [0.1, 0.15) is 53.2 Å². The Hall–Kier alpha value is -3.26. The maximum Gasteiger partial charge on any atom is 0.573 e. The van der Waals surface area contributed by atoms with E-state index in [1.807, 2.05) is 6.92 Å². The maximum absolute atomic E-state index is 12.6. The van der Waals surface area contributed by atoms with E-state index in [4.69, 9.17) is 11.6 Å². The first-order valence-electron chi connectivity index (χ1n) is 10.2. The molecule has 0 saturated carbocycles. The van der Waals surface area contributed by atoms with E-state index in [2.05, 4.69) is 15.0 Å². The molecule has 0 radical (unpaired) electrons. The van der Waals surface area contributed by atoms with E-state index in [0.29, 0.717) is 10.8 Å².